The van der Waals surface area contributed by atoms with Crippen molar-refractivity contribution in [3.8, 4) is 0 Å². The minimum absolute atomic E-state index is 0.170. The summed E-state index contributed by atoms with van der Waals surface area (Å²) in [6.07, 6.45) is 2.24. The molecule has 1 aromatic heterocycles. The van der Waals surface area contributed by atoms with Crippen LogP contribution in [0.3, 0.4) is 0 Å². The molecule has 2 aromatic rings. The molecule has 0 fully saturated rings. The number of benzene rings is 1. The Kier molecular flexibility index (Phi) is 4.51. The van der Waals surface area contributed by atoms with Crippen LogP contribution in [0.25, 0.3) is 0 Å². The zero-order valence-corrected chi connectivity index (χ0v) is 13.8. The van der Waals surface area contributed by atoms with Crippen molar-refractivity contribution in [2.24, 2.45) is 7.05 Å². The van der Waals surface area contributed by atoms with Crippen LogP contribution >= 0.6 is 11.8 Å². The van der Waals surface area contributed by atoms with Gasteiger partial charge in [0.2, 0.25) is 0 Å². The summed E-state index contributed by atoms with van der Waals surface area (Å²) < 4.78 is 15.5. The fraction of sp³-hybridized carbons (Fsp3) is 0.400. The Balaban J connectivity index is 1.69. The molecule has 1 atom stereocenters. The van der Waals surface area contributed by atoms with E-state index in [1.807, 2.05) is 6.07 Å². The average Bonchev–Trinajstić information content (AvgIpc) is 2.93. The topological polar surface area (TPSA) is 63.1 Å². The Morgan fingerprint density at radius 3 is 3.13 bits per heavy atom. The van der Waals surface area contributed by atoms with Crippen molar-refractivity contribution in [2.45, 2.75) is 23.9 Å². The first-order valence-corrected chi connectivity index (χ1v) is 8.30. The van der Waals surface area contributed by atoms with Crippen LogP contribution in [0, 0.1) is 5.82 Å². The number of rotatable bonds is 3. The number of fused-ring (bicyclic) bond motifs is 1. The van der Waals surface area contributed by atoms with E-state index in [-0.39, 0.29) is 17.9 Å². The van der Waals surface area contributed by atoms with E-state index in [1.165, 1.54) is 24.2 Å². The maximum atomic E-state index is 13.9. The van der Waals surface area contributed by atoms with Gasteiger partial charge in [0.1, 0.15) is 18.0 Å². The third-order valence-corrected chi connectivity index (χ3v) is 5.01. The molecular formula is C15H18FN5OS. The lowest BCUT2D eigenvalue weighted by atomic mass is 10.0. The van der Waals surface area contributed by atoms with Crippen molar-refractivity contribution < 1.29 is 9.18 Å². The summed E-state index contributed by atoms with van der Waals surface area (Å²) in [7, 11) is 3.49. The second-order valence-electron chi connectivity index (χ2n) is 5.45. The van der Waals surface area contributed by atoms with E-state index in [1.54, 1.807) is 29.7 Å². The van der Waals surface area contributed by atoms with E-state index in [9.17, 15) is 9.18 Å². The second-order valence-corrected chi connectivity index (χ2v) is 6.56. The van der Waals surface area contributed by atoms with E-state index in [4.69, 9.17) is 0 Å². The van der Waals surface area contributed by atoms with Gasteiger partial charge in [-0.25, -0.2) is 14.2 Å². The molecule has 1 aromatic carbocycles. The Bertz CT molecular complexity index is 720. The molecule has 0 saturated carbocycles. The third kappa shape index (κ3) is 3.31. The highest BCUT2D eigenvalue weighted by molar-refractivity contribution is 7.99. The third-order valence-electron chi connectivity index (χ3n) is 3.85. The van der Waals surface area contributed by atoms with Gasteiger partial charge in [-0.15, -0.1) is 11.8 Å². The van der Waals surface area contributed by atoms with Crippen LogP contribution in [0.5, 0.6) is 0 Å². The highest BCUT2D eigenvalue weighted by atomic mass is 32.2. The summed E-state index contributed by atoms with van der Waals surface area (Å²) in [6, 6.07) is 4.63. The molecule has 0 spiro atoms. The zero-order valence-electron chi connectivity index (χ0n) is 13.0. The van der Waals surface area contributed by atoms with E-state index in [0.29, 0.717) is 17.3 Å². The molecule has 0 radical (unpaired) electrons. The number of aryl methyl sites for hydroxylation is 1. The van der Waals surface area contributed by atoms with E-state index in [2.05, 4.69) is 15.4 Å². The predicted octanol–water partition coefficient (Wildman–Crippen LogP) is 2.33. The van der Waals surface area contributed by atoms with Gasteiger partial charge in [-0.05, 0) is 18.1 Å². The van der Waals surface area contributed by atoms with Crippen LogP contribution < -0.4 is 5.32 Å². The summed E-state index contributed by atoms with van der Waals surface area (Å²) in [5, 5.41) is 6.97. The highest BCUT2D eigenvalue weighted by Crippen LogP contribution is 2.37. The Morgan fingerprint density at radius 2 is 2.39 bits per heavy atom. The van der Waals surface area contributed by atoms with Crippen LogP contribution in [-0.2, 0) is 13.6 Å². The lowest BCUT2D eigenvalue weighted by Gasteiger charge is -2.28. The molecule has 1 unspecified atom stereocenters. The minimum Gasteiger partial charge on any atom is -0.331 e. The molecule has 1 N–H and O–H groups in total. The van der Waals surface area contributed by atoms with Gasteiger partial charge in [0.15, 0.2) is 0 Å². The molecule has 0 aliphatic carbocycles. The molecule has 1 aliphatic heterocycles. The van der Waals surface area contributed by atoms with Crippen molar-refractivity contribution in [3.05, 3.63) is 41.7 Å². The molecule has 1 aliphatic rings. The molecule has 0 saturated heterocycles. The van der Waals surface area contributed by atoms with Crippen molar-refractivity contribution in [1.82, 2.24) is 25.0 Å². The number of hydrogen-bond donors (Lipinski definition) is 1. The second kappa shape index (κ2) is 6.57. The molecule has 2 heterocycles. The van der Waals surface area contributed by atoms with Crippen molar-refractivity contribution in [3.63, 3.8) is 0 Å². The van der Waals surface area contributed by atoms with Crippen molar-refractivity contribution >= 4 is 17.8 Å². The van der Waals surface area contributed by atoms with Crippen LogP contribution in [0.15, 0.2) is 29.4 Å². The smallest absolute Gasteiger partial charge is 0.318 e. The zero-order chi connectivity index (χ0) is 16.4. The molecule has 122 valence electrons. The first-order valence-electron chi connectivity index (χ1n) is 7.32. The lowest BCUT2D eigenvalue weighted by molar-refractivity contribution is 0.200. The molecule has 6 nitrogen and oxygen atoms in total. The Labute approximate surface area is 138 Å². The lowest BCUT2D eigenvalue weighted by Crippen LogP contribution is -2.40. The number of amides is 2. The number of nitrogens with zero attached hydrogens (tertiary/aromatic N) is 4. The van der Waals surface area contributed by atoms with Crippen LogP contribution in [0.2, 0.25) is 0 Å². The summed E-state index contributed by atoms with van der Waals surface area (Å²) in [6.45, 7) is 0.361. The van der Waals surface area contributed by atoms with Gasteiger partial charge < -0.3 is 10.2 Å². The monoisotopic (exact) mass is 335 g/mol. The number of thioether (sulfide) groups is 1. The maximum Gasteiger partial charge on any atom is 0.318 e. The normalized spacial score (nSPS) is 16.7. The first kappa shape index (κ1) is 15.8. The first-order chi connectivity index (χ1) is 11.1. The average molecular weight is 335 g/mol. The summed E-state index contributed by atoms with van der Waals surface area (Å²) in [5.41, 5.74) is 0.849. The number of hydrogen-bond acceptors (Lipinski definition) is 4. The molecular weight excluding hydrogens is 317 g/mol. The van der Waals surface area contributed by atoms with E-state index < -0.39 is 0 Å². The number of aromatic nitrogens is 3. The number of nitrogens with one attached hydrogen (secondary N) is 1. The number of halogens is 1. The van der Waals surface area contributed by atoms with Gasteiger partial charge in [0, 0.05) is 24.7 Å². The molecule has 0 bridgehead atoms. The SMILES string of the molecule is CN(Cc1ncnn1C)C(=O)NC1CCSc2c(F)cccc21. The summed E-state index contributed by atoms with van der Waals surface area (Å²) in [5.74, 6) is 1.26. The summed E-state index contributed by atoms with van der Waals surface area (Å²) >= 11 is 1.50. The highest BCUT2D eigenvalue weighted by Gasteiger charge is 2.25. The quantitative estimate of drug-likeness (QED) is 0.935. The molecule has 8 heteroatoms. The van der Waals surface area contributed by atoms with E-state index in [0.717, 1.165) is 17.7 Å². The molecule has 23 heavy (non-hydrogen) atoms. The van der Waals surface area contributed by atoms with Crippen molar-refractivity contribution in [1.29, 1.82) is 0 Å². The number of carbonyl (C=O) groups excluding carboxylic acids is 1. The fourth-order valence-corrected chi connectivity index (χ4v) is 3.68. The van der Waals surface area contributed by atoms with Crippen LogP contribution in [-0.4, -0.2) is 38.5 Å². The maximum absolute atomic E-state index is 13.9. The van der Waals surface area contributed by atoms with Gasteiger partial charge in [-0.1, -0.05) is 12.1 Å². The number of urea groups is 1. The van der Waals surface area contributed by atoms with Gasteiger partial charge in [-0.3, -0.25) is 4.68 Å². The van der Waals surface area contributed by atoms with Gasteiger partial charge in [0.25, 0.3) is 0 Å². The minimum atomic E-state index is -0.223. The van der Waals surface area contributed by atoms with Crippen molar-refractivity contribution in [2.75, 3.05) is 12.8 Å². The van der Waals surface area contributed by atoms with Gasteiger partial charge in [-0.2, -0.15) is 5.10 Å². The molecule has 3 rings (SSSR count). The van der Waals surface area contributed by atoms with Crippen LogP contribution in [0.1, 0.15) is 23.9 Å². The Hall–Kier alpha value is -2.09. The van der Waals surface area contributed by atoms with E-state index >= 15 is 0 Å². The largest absolute Gasteiger partial charge is 0.331 e. The van der Waals surface area contributed by atoms with Gasteiger partial charge in [0.05, 0.1) is 12.6 Å². The molecule has 2 amide bonds. The van der Waals surface area contributed by atoms with Gasteiger partial charge >= 0.3 is 6.03 Å². The predicted molar refractivity (Wildman–Crippen MR) is 85.5 cm³/mol. The fourth-order valence-electron chi connectivity index (χ4n) is 2.54. The standard InChI is InChI=1S/C15H18FN5OS/c1-20(8-13-17-9-18-21(13)2)15(22)19-12-6-7-23-14-10(12)4-3-5-11(14)16/h3-5,9,12H,6-8H2,1-2H3,(H,19,22). The number of carbonyl (C=O) groups is 1. The summed E-state index contributed by atoms with van der Waals surface area (Å²) in [4.78, 5) is 18.7. The van der Waals surface area contributed by atoms with Crippen LogP contribution in [0.4, 0.5) is 9.18 Å². The Morgan fingerprint density at radius 1 is 1.57 bits per heavy atom.